The van der Waals surface area contributed by atoms with E-state index in [-0.39, 0.29) is 0 Å². The summed E-state index contributed by atoms with van der Waals surface area (Å²) in [5.41, 5.74) is 4.19. The highest BCUT2D eigenvalue weighted by Crippen LogP contribution is 2.43. The lowest BCUT2D eigenvalue weighted by molar-refractivity contribution is -0.282. The number of hydrogen-bond donors (Lipinski definition) is 0. The van der Waals surface area contributed by atoms with Gasteiger partial charge in [0.25, 0.3) is 0 Å². The summed E-state index contributed by atoms with van der Waals surface area (Å²) in [5, 5.41) is 4.49. The molecule has 4 rings (SSSR count). The molecular formula is C24H20Br2O4. The van der Waals surface area contributed by atoms with Gasteiger partial charge in [-0.05, 0) is 55.9 Å². The monoisotopic (exact) mass is 530 g/mol. The lowest BCUT2D eigenvalue weighted by Crippen LogP contribution is -2.02. The summed E-state index contributed by atoms with van der Waals surface area (Å²) in [7, 11) is 3.03. The van der Waals surface area contributed by atoms with Crippen LogP contribution in [-0.2, 0) is 32.8 Å². The zero-order valence-electron chi connectivity index (χ0n) is 16.6. The summed E-state index contributed by atoms with van der Waals surface area (Å²) >= 11 is 7.44. The van der Waals surface area contributed by atoms with Gasteiger partial charge in [0, 0.05) is 8.95 Å². The van der Waals surface area contributed by atoms with Gasteiger partial charge in [0.1, 0.15) is 13.2 Å². The van der Waals surface area contributed by atoms with Crippen molar-refractivity contribution in [2.75, 3.05) is 14.2 Å². The summed E-state index contributed by atoms with van der Waals surface area (Å²) in [6, 6.07) is 20.8. The highest BCUT2D eigenvalue weighted by atomic mass is 79.9. The highest BCUT2D eigenvalue weighted by Gasteiger charge is 2.20. The zero-order valence-corrected chi connectivity index (χ0v) is 19.7. The molecule has 0 aliphatic carbocycles. The van der Waals surface area contributed by atoms with Gasteiger partial charge in [0.2, 0.25) is 0 Å². The first kappa shape index (κ1) is 21.4. The fraction of sp³-hybridized carbons (Fsp3) is 0.167. The first-order valence-electron chi connectivity index (χ1n) is 9.37. The van der Waals surface area contributed by atoms with E-state index in [1.807, 2.05) is 24.3 Å². The molecule has 0 radical (unpaired) electrons. The van der Waals surface area contributed by atoms with E-state index in [4.69, 9.17) is 19.6 Å². The van der Waals surface area contributed by atoms with E-state index in [9.17, 15) is 0 Å². The fourth-order valence-electron chi connectivity index (χ4n) is 3.83. The maximum Gasteiger partial charge on any atom is 0.108 e. The average Bonchev–Trinajstić information content (AvgIpc) is 2.77. The van der Waals surface area contributed by atoms with Crippen LogP contribution in [0.2, 0.25) is 0 Å². The molecule has 4 aromatic rings. The van der Waals surface area contributed by atoms with Gasteiger partial charge in [0.05, 0.1) is 14.2 Å². The minimum Gasteiger partial charge on any atom is -0.240 e. The van der Waals surface area contributed by atoms with Crippen LogP contribution in [0, 0.1) is 0 Å². The van der Waals surface area contributed by atoms with Crippen molar-refractivity contribution in [1.29, 1.82) is 0 Å². The minimum absolute atomic E-state index is 0.310. The van der Waals surface area contributed by atoms with Gasteiger partial charge in [-0.15, -0.1) is 0 Å². The highest BCUT2D eigenvalue weighted by molar-refractivity contribution is 9.11. The van der Waals surface area contributed by atoms with Gasteiger partial charge in [0.15, 0.2) is 0 Å². The van der Waals surface area contributed by atoms with Crippen LogP contribution < -0.4 is 0 Å². The Morgan fingerprint density at radius 3 is 1.33 bits per heavy atom. The number of benzene rings is 4. The molecule has 30 heavy (non-hydrogen) atoms. The van der Waals surface area contributed by atoms with Crippen molar-refractivity contribution in [2.45, 2.75) is 13.2 Å². The molecule has 0 amide bonds. The average molecular weight is 532 g/mol. The first-order chi connectivity index (χ1) is 14.7. The maximum atomic E-state index is 5.36. The van der Waals surface area contributed by atoms with Crippen LogP contribution in [0.5, 0.6) is 0 Å². The third kappa shape index (κ3) is 4.04. The van der Waals surface area contributed by atoms with Crippen LogP contribution in [0.1, 0.15) is 11.1 Å². The van der Waals surface area contributed by atoms with Crippen LogP contribution in [0.15, 0.2) is 69.6 Å². The van der Waals surface area contributed by atoms with Gasteiger partial charge in [-0.3, -0.25) is 0 Å². The summed E-state index contributed by atoms with van der Waals surface area (Å²) in [6.07, 6.45) is 0. The number of halogens is 2. The summed E-state index contributed by atoms with van der Waals surface area (Å²) in [6.45, 7) is 0.620. The predicted molar refractivity (Wildman–Crippen MR) is 126 cm³/mol. The third-order valence-electron chi connectivity index (χ3n) is 5.07. The Hall–Kier alpha value is -1.80. The lowest BCUT2D eigenvalue weighted by atomic mass is 9.87. The standard InChI is InChI=1S/C24H20Br2O4/c1-27-29-13-15-11-21(25)17-7-3-5-9-19(17)23(15)24-16(14-30-28-2)12-22(26)18-8-4-6-10-20(18)24/h3-12H,13-14H2,1-2H3. The Bertz CT molecular complexity index is 1110. The van der Waals surface area contributed by atoms with E-state index in [0.29, 0.717) is 13.2 Å². The van der Waals surface area contributed by atoms with Crippen molar-refractivity contribution >= 4 is 53.4 Å². The third-order valence-corrected chi connectivity index (χ3v) is 6.38. The van der Waals surface area contributed by atoms with Crippen LogP contribution in [0.25, 0.3) is 32.7 Å². The Morgan fingerprint density at radius 1 is 0.600 bits per heavy atom. The first-order valence-corrected chi connectivity index (χ1v) is 11.0. The molecule has 4 aromatic carbocycles. The molecule has 4 nitrogen and oxygen atoms in total. The van der Waals surface area contributed by atoms with Crippen LogP contribution in [0.3, 0.4) is 0 Å². The quantitative estimate of drug-likeness (QED) is 0.184. The van der Waals surface area contributed by atoms with Crippen LogP contribution >= 0.6 is 31.9 Å². The van der Waals surface area contributed by atoms with Crippen LogP contribution in [0.4, 0.5) is 0 Å². The predicted octanol–water partition coefficient (Wildman–Crippen LogP) is 7.34. The van der Waals surface area contributed by atoms with Crippen molar-refractivity contribution in [3.8, 4) is 11.1 Å². The SMILES string of the molecule is COOCc1cc(Br)c2ccccc2c1-c1c(COOC)cc(Br)c2ccccc12. The molecule has 0 N–H and O–H groups in total. The van der Waals surface area contributed by atoms with E-state index in [1.165, 1.54) is 14.2 Å². The number of fused-ring (bicyclic) bond motifs is 2. The molecule has 0 aliphatic heterocycles. The topological polar surface area (TPSA) is 36.9 Å². The molecular weight excluding hydrogens is 512 g/mol. The molecule has 0 aromatic heterocycles. The molecule has 6 heteroatoms. The molecule has 0 aliphatic rings. The van der Waals surface area contributed by atoms with E-state index in [1.54, 1.807) is 0 Å². The van der Waals surface area contributed by atoms with Crippen molar-refractivity contribution in [1.82, 2.24) is 0 Å². The summed E-state index contributed by atoms with van der Waals surface area (Å²) < 4.78 is 2.01. The van der Waals surface area contributed by atoms with E-state index in [2.05, 4.69) is 68.3 Å². The molecule has 0 bridgehead atoms. The van der Waals surface area contributed by atoms with Gasteiger partial charge in [-0.25, -0.2) is 19.6 Å². The molecule has 0 heterocycles. The van der Waals surface area contributed by atoms with Crippen molar-refractivity contribution in [2.24, 2.45) is 0 Å². The molecule has 0 spiro atoms. The lowest BCUT2D eigenvalue weighted by Gasteiger charge is -2.20. The van der Waals surface area contributed by atoms with Gasteiger partial charge in [-0.1, -0.05) is 80.4 Å². The fourth-order valence-corrected chi connectivity index (χ4v) is 5.08. The Labute approximate surface area is 191 Å². The second-order valence-corrected chi connectivity index (χ2v) is 8.44. The second kappa shape index (κ2) is 9.56. The van der Waals surface area contributed by atoms with E-state index >= 15 is 0 Å². The second-order valence-electron chi connectivity index (χ2n) is 6.73. The van der Waals surface area contributed by atoms with Crippen LogP contribution in [-0.4, -0.2) is 14.2 Å². The Balaban J connectivity index is 2.13. The van der Waals surface area contributed by atoms with Gasteiger partial charge in [-0.2, -0.15) is 0 Å². The Kier molecular flexibility index (Phi) is 6.83. The van der Waals surface area contributed by atoms with Crippen molar-refractivity contribution in [3.05, 3.63) is 80.7 Å². The molecule has 0 atom stereocenters. The molecule has 154 valence electrons. The number of hydrogen-bond acceptors (Lipinski definition) is 4. The van der Waals surface area contributed by atoms with E-state index < -0.39 is 0 Å². The van der Waals surface area contributed by atoms with Crippen molar-refractivity contribution < 1.29 is 19.6 Å². The largest absolute Gasteiger partial charge is 0.240 e. The maximum absolute atomic E-state index is 5.36. The Morgan fingerprint density at radius 2 is 0.967 bits per heavy atom. The van der Waals surface area contributed by atoms with Crippen molar-refractivity contribution in [3.63, 3.8) is 0 Å². The normalized spacial score (nSPS) is 11.5. The smallest absolute Gasteiger partial charge is 0.108 e. The zero-order chi connectivity index (χ0) is 21.1. The van der Waals surface area contributed by atoms with Gasteiger partial charge >= 0.3 is 0 Å². The molecule has 0 unspecified atom stereocenters. The summed E-state index contributed by atoms with van der Waals surface area (Å²) in [5.74, 6) is 0. The van der Waals surface area contributed by atoms with Gasteiger partial charge < -0.3 is 0 Å². The molecule has 0 fully saturated rings. The van der Waals surface area contributed by atoms with E-state index in [0.717, 1.165) is 52.7 Å². The summed E-state index contributed by atoms with van der Waals surface area (Å²) in [4.78, 5) is 20.6. The minimum atomic E-state index is 0.310. The number of rotatable bonds is 7. The molecule has 0 saturated carbocycles. The molecule has 0 saturated heterocycles.